The molecule has 0 bridgehead atoms. The van der Waals surface area contributed by atoms with Gasteiger partial charge in [0.05, 0.1) is 5.52 Å². The molecule has 2 heterocycles. The van der Waals surface area contributed by atoms with Gasteiger partial charge in [-0.25, -0.2) is 0 Å². The number of nitrogens with zero attached hydrogens (tertiary/aromatic N) is 3. The van der Waals surface area contributed by atoms with Gasteiger partial charge >= 0.3 is 0 Å². The van der Waals surface area contributed by atoms with E-state index in [2.05, 4.69) is 5.10 Å². The van der Waals surface area contributed by atoms with Crippen molar-refractivity contribution in [2.75, 3.05) is 19.6 Å². The molecule has 0 spiro atoms. The summed E-state index contributed by atoms with van der Waals surface area (Å²) in [6, 6.07) is 7.82. The largest absolute Gasteiger partial charge is 0.337 e. The summed E-state index contributed by atoms with van der Waals surface area (Å²) in [6.45, 7) is 2.18. The summed E-state index contributed by atoms with van der Waals surface area (Å²) in [4.78, 5) is 14.4. The number of aryl methyl sites for hydroxylation is 1. The van der Waals surface area contributed by atoms with E-state index in [0.717, 1.165) is 30.4 Å². The molecule has 3 rings (SSSR count). The van der Waals surface area contributed by atoms with Crippen molar-refractivity contribution in [3.63, 3.8) is 0 Å². The minimum Gasteiger partial charge on any atom is -0.337 e. The predicted octanol–water partition coefficient (Wildman–Crippen LogP) is 0.994. The summed E-state index contributed by atoms with van der Waals surface area (Å²) in [6.07, 6.45) is 0.993. The number of para-hydroxylation sites is 1. The highest BCUT2D eigenvalue weighted by Gasteiger charge is 2.28. The maximum Gasteiger partial charge on any atom is 0.275 e. The summed E-state index contributed by atoms with van der Waals surface area (Å²) < 4.78 is 1.76. The van der Waals surface area contributed by atoms with Crippen LogP contribution in [-0.2, 0) is 7.05 Å². The molecule has 0 radical (unpaired) electrons. The van der Waals surface area contributed by atoms with Crippen molar-refractivity contribution in [3.8, 4) is 0 Å². The lowest BCUT2D eigenvalue weighted by atomic mass is 10.1. The van der Waals surface area contributed by atoms with Gasteiger partial charge in [-0.3, -0.25) is 9.48 Å². The second-order valence-corrected chi connectivity index (χ2v) is 5.13. The van der Waals surface area contributed by atoms with E-state index < -0.39 is 0 Å². The smallest absolute Gasteiger partial charge is 0.275 e. The van der Waals surface area contributed by atoms with Gasteiger partial charge in [-0.05, 0) is 24.9 Å². The fourth-order valence-electron chi connectivity index (χ4n) is 2.73. The van der Waals surface area contributed by atoms with Gasteiger partial charge in [0.15, 0.2) is 5.69 Å². The molecule has 19 heavy (non-hydrogen) atoms. The van der Waals surface area contributed by atoms with Crippen LogP contribution in [0.3, 0.4) is 0 Å². The van der Waals surface area contributed by atoms with Crippen molar-refractivity contribution in [1.82, 2.24) is 14.7 Å². The van der Waals surface area contributed by atoms with Crippen LogP contribution in [0.5, 0.6) is 0 Å². The molecule has 0 aliphatic carbocycles. The highest BCUT2D eigenvalue weighted by Crippen LogP contribution is 2.22. The molecular weight excluding hydrogens is 240 g/mol. The summed E-state index contributed by atoms with van der Waals surface area (Å²) >= 11 is 0. The van der Waals surface area contributed by atoms with Gasteiger partial charge in [-0.2, -0.15) is 5.10 Å². The Morgan fingerprint density at radius 3 is 3.00 bits per heavy atom. The lowest BCUT2D eigenvalue weighted by Crippen LogP contribution is -2.30. The number of hydrogen-bond donors (Lipinski definition) is 1. The zero-order valence-corrected chi connectivity index (χ0v) is 11.0. The van der Waals surface area contributed by atoms with Gasteiger partial charge in [0.25, 0.3) is 5.91 Å². The Hall–Kier alpha value is -1.88. The summed E-state index contributed by atoms with van der Waals surface area (Å²) in [5.74, 6) is 0.451. The van der Waals surface area contributed by atoms with Crippen LogP contribution in [0.1, 0.15) is 16.9 Å². The Labute approximate surface area is 112 Å². The Kier molecular flexibility index (Phi) is 2.98. The number of likely N-dealkylation sites (tertiary alicyclic amines) is 1. The van der Waals surface area contributed by atoms with Crippen molar-refractivity contribution >= 4 is 16.8 Å². The molecule has 2 aromatic rings. The molecule has 1 amide bonds. The van der Waals surface area contributed by atoms with Crippen molar-refractivity contribution in [2.24, 2.45) is 18.7 Å². The van der Waals surface area contributed by atoms with E-state index in [1.54, 1.807) is 4.68 Å². The van der Waals surface area contributed by atoms with Gasteiger partial charge < -0.3 is 10.6 Å². The number of aromatic nitrogens is 2. The standard InChI is InChI=1S/C14H18N4O/c1-17-12-5-3-2-4-11(12)13(16-17)14(19)18-7-6-10(8-15)9-18/h2-5,10H,6-9,15H2,1H3. The first kappa shape index (κ1) is 12.2. The maximum absolute atomic E-state index is 12.5. The third-order valence-corrected chi connectivity index (χ3v) is 3.87. The van der Waals surface area contributed by atoms with Crippen LogP contribution in [0, 0.1) is 5.92 Å². The highest BCUT2D eigenvalue weighted by atomic mass is 16.2. The monoisotopic (exact) mass is 258 g/mol. The average Bonchev–Trinajstić information content (AvgIpc) is 3.04. The number of carbonyl (C=O) groups is 1. The number of hydrogen-bond acceptors (Lipinski definition) is 3. The lowest BCUT2D eigenvalue weighted by molar-refractivity contribution is 0.0783. The molecule has 0 saturated carbocycles. The molecule has 5 nitrogen and oxygen atoms in total. The van der Waals surface area contributed by atoms with E-state index >= 15 is 0 Å². The van der Waals surface area contributed by atoms with Gasteiger partial charge in [-0.1, -0.05) is 18.2 Å². The van der Waals surface area contributed by atoms with E-state index in [1.807, 2.05) is 36.2 Å². The molecule has 1 unspecified atom stereocenters. The van der Waals surface area contributed by atoms with Crippen LogP contribution in [0.25, 0.3) is 10.9 Å². The Balaban J connectivity index is 1.94. The quantitative estimate of drug-likeness (QED) is 0.873. The molecule has 100 valence electrons. The van der Waals surface area contributed by atoms with E-state index in [1.165, 1.54) is 0 Å². The third kappa shape index (κ3) is 2.00. The average molecular weight is 258 g/mol. The van der Waals surface area contributed by atoms with Crippen molar-refractivity contribution in [1.29, 1.82) is 0 Å². The zero-order valence-electron chi connectivity index (χ0n) is 11.0. The summed E-state index contributed by atoms with van der Waals surface area (Å²) in [5.41, 5.74) is 7.21. The van der Waals surface area contributed by atoms with Gasteiger partial charge in [0.1, 0.15) is 0 Å². The van der Waals surface area contributed by atoms with Crippen molar-refractivity contribution in [3.05, 3.63) is 30.0 Å². The lowest BCUT2D eigenvalue weighted by Gasteiger charge is -2.14. The van der Waals surface area contributed by atoms with E-state index in [4.69, 9.17) is 5.73 Å². The number of carbonyl (C=O) groups excluding carboxylic acids is 1. The minimum absolute atomic E-state index is 0.0211. The molecular formula is C14H18N4O. The fourth-order valence-corrected chi connectivity index (χ4v) is 2.73. The van der Waals surface area contributed by atoms with Crippen LogP contribution < -0.4 is 5.73 Å². The number of amides is 1. The summed E-state index contributed by atoms with van der Waals surface area (Å²) in [7, 11) is 1.87. The second-order valence-electron chi connectivity index (χ2n) is 5.13. The molecule has 1 aliphatic rings. The van der Waals surface area contributed by atoms with E-state index in [-0.39, 0.29) is 5.91 Å². The van der Waals surface area contributed by atoms with Gasteiger partial charge in [0, 0.05) is 25.5 Å². The van der Waals surface area contributed by atoms with E-state index in [0.29, 0.717) is 18.2 Å². The summed E-state index contributed by atoms with van der Waals surface area (Å²) in [5, 5.41) is 5.30. The Morgan fingerprint density at radius 2 is 2.26 bits per heavy atom. The van der Waals surface area contributed by atoms with Gasteiger partial charge in [-0.15, -0.1) is 0 Å². The molecule has 1 atom stereocenters. The molecule has 1 saturated heterocycles. The topological polar surface area (TPSA) is 64.2 Å². The van der Waals surface area contributed by atoms with Crippen LogP contribution >= 0.6 is 0 Å². The Bertz CT molecular complexity index is 619. The number of benzene rings is 1. The first-order valence-electron chi connectivity index (χ1n) is 6.61. The number of fused-ring (bicyclic) bond motifs is 1. The predicted molar refractivity (Wildman–Crippen MR) is 73.8 cm³/mol. The Morgan fingerprint density at radius 1 is 1.47 bits per heavy atom. The minimum atomic E-state index is 0.0211. The first-order chi connectivity index (χ1) is 9.20. The molecule has 1 fully saturated rings. The van der Waals surface area contributed by atoms with Crippen LogP contribution in [0.15, 0.2) is 24.3 Å². The first-order valence-corrected chi connectivity index (χ1v) is 6.61. The van der Waals surface area contributed by atoms with Crippen LogP contribution in [0.4, 0.5) is 0 Å². The molecule has 1 aromatic heterocycles. The number of rotatable bonds is 2. The molecule has 2 N–H and O–H groups in total. The molecule has 5 heteroatoms. The highest BCUT2D eigenvalue weighted by molar-refractivity contribution is 6.04. The van der Waals surface area contributed by atoms with Crippen LogP contribution in [0.2, 0.25) is 0 Å². The van der Waals surface area contributed by atoms with Crippen molar-refractivity contribution in [2.45, 2.75) is 6.42 Å². The SMILES string of the molecule is Cn1nc(C(=O)N2CCC(CN)C2)c2ccccc21. The molecule has 1 aromatic carbocycles. The second kappa shape index (κ2) is 4.66. The zero-order chi connectivity index (χ0) is 13.4. The maximum atomic E-state index is 12.5. The molecule has 1 aliphatic heterocycles. The van der Waals surface area contributed by atoms with Crippen molar-refractivity contribution < 1.29 is 4.79 Å². The normalized spacial score (nSPS) is 19.3. The number of nitrogens with two attached hydrogens (primary N) is 1. The van der Waals surface area contributed by atoms with E-state index in [9.17, 15) is 4.79 Å². The third-order valence-electron chi connectivity index (χ3n) is 3.87. The fraction of sp³-hybridized carbons (Fsp3) is 0.429. The van der Waals surface area contributed by atoms with Crippen LogP contribution in [-0.4, -0.2) is 40.2 Å². The van der Waals surface area contributed by atoms with Gasteiger partial charge in [0.2, 0.25) is 0 Å².